The van der Waals surface area contributed by atoms with Crippen molar-refractivity contribution in [1.82, 2.24) is 9.55 Å². The molecule has 0 spiro atoms. The van der Waals surface area contributed by atoms with E-state index in [1.54, 1.807) is 19.3 Å². The average Bonchev–Trinajstić information content (AvgIpc) is 2.64. The molecule has 0 aliphatic heterocycles. The molecule has 0 saturated heterocycles. The fraction of sp³-hybridized carbons (Fsp3) is 0.667. The molecule has 1 aromatic heterocycles. The zero-order valence-corrected chi connectivity index (χ0v) is 9.70. The molecule has 0 radical (unpaired) electrons. The molecule has 86 valence electrons. The molecule has 15 heavy (non-hydrogen) atoms. The van der Waals surface area contributed by atoms with Crippen molar-refractivity contribution in [3.63, 3.8) is 0 Å². The highest BCUT2D eigenvalue weighted by molar-refractivity contribution is 7.91. The molecule has 0 atom stereocenters. The second-order valence-corrected chi connectivity index (χ2v) is 5.78. The SMILES string of the molecule is CCS(=O)(=O)CCn1ccnc1CCN. The highest BCUT2D eigenvalue weighted by atomic mass is 32.2. The summed E-state index contributed by atoms with van der Waals surface area (Å²) >= 11 is 0. The van der Waals surface area contributed by atoms with E-state index in [-0.39, 0.29) is 11.5 Å². The van der Waals surface area contributed by atoms with Gasteiger partial charge in [-0.1, -0.05) is 6.92 Å². The fourth-order valence-electron chi connectivity index (χ4n) is 1.28. The van der Waals surface area contributed by atoms with Gasteiger partial charge in [0.1, 0.15) is 5.82 Å². The number of sulfone groups is 1. The fourth-order valence-corrected chi connectivity index (χ4v) is 2.05. The first kappa shape index (κ1) is 12.2. The molecule has 6 heteroatoms. The molecule has 1 aromatic rings. The second-order valence-electron chi connectivity index (χ2n) is 3.31. The Labute approximate surface area is 90.2 Å². The van der Waals surface area contributed by atoms with Crippen LogP contribution in [0.1, 0.15) is 12.7 Å². The minimum Gasteiger partial charge on any atom is -0.334 e. The predicted molar refractivity (Wildman–Crippen MR) is 59.3 cm³/mol. The molecular weight excluding hydrogens is 214 g/mol. The standard InChI is InChI=1S/C9H17N3O2S/c1-2-15(13,14)8-7-12-6-5-11-9(12)3-4-10/h5-6H,2-4,7-8,10H2,1H3. The molecule has 0 aliphatic carbocycles. The molecule has 2 N–H and O–H groups in total. The van der Waals surface area contributed by atoms with Gasteiger partial charge in [-0.05, 0) is 6.54 Å². The third-order valence-electron chi connectivity index (χ3n) is 2.25. The van der Waals surface area contributed by atoms with E-state index in [0.717, 1.165) is 5.82 Å². The van der Waals surface area contributed by atoms with Crippen molar-refractivity contribution in [3.05, 3.63) is 18.2 Å². The number of hydrogen-bond donors (Lipinski definition) is 1. The highest BCUT2D eigenvalue weighted by Crippen LogP contribution is 2.00. The van der Waals surface area contributed by atoms with Gasteiger partial charge < -0.3 is 10.3 Å². The summed E-state index contributed by atoms with van der Waals surface area (Å²) in [4.78, 5) is 4.12. The van der Waals surface area contributed by atoms with Gasteiger partial charge in [0.15, 0.2) is 9.84 Å². The van der Waals surface area contributed by atoms with Crippen LogP contribution in [-0.4, -0.2) is 36.0 Å². The monoisotopic (exact) mass is 231 g/mol. The lowest BCUT2D eigenvalue weighted by Gasteiger charge is -2.06. The molecule has 1 heterocycles. The van der Waals surface area contributed by atoms with Gasteiger partial charge in [-0.2, -0.15) is 0 Å². The van der Waals surface area contributed by atoms with Crippen LogP contribution in [-0.2, 0) is 22.8 Å². The molecule has 0 amide bonds. The van der Waals surface area contributed by atoms with Gasteiger partial charge in [0.25, 0.3) is 0 Å². The Morgan fingerprint density at radius 1 is 1.53 bits per heavy atom. The molecule has 5 nitrogen and oxygen atoms in total. The van der Waals surface area contributed by atoms with Crippen molar-refractivity contribution in [2.45, 2.75) is 19.9 Å². The van der Waals surface area contributed by atoms with E-state index in [1.165, 1.54) is 0 Å². The topological polar surface area (TPSA) is 78.0 Å². The number of aryl methyl sites for hydroxylation is 1. The molecular formula is C9H17N3O2S. The maximum Gasteiger partial charge on any atom is 0.151 e. The van der Waals surface area contributed by atoms with Crippen molar-refractivity contribution in [2.24, 2.45) is 5.73 Å². The van der Waals surface area contributed by atoms with Crippen molar-refractivity contribution in [2.75, 3.05) is 18.1 Å². The van der Waals surface area contributed by atoms with E-state index in [1.807, 2.05) is 4.57 Å². The number of hydrogen-bond acceptors (Lipinski definition) is 4. The summed E-state index contributed by atoms with van der Waals surface area (Å²) in [6, 6.07) is 0. The normalized spacial score (nSPS) is 11.9. The van der Waals surface area contributed by atoms with E-state index in [4.69, 9.17) is 5.73 Å². The Bertz CT molecular complexity index is 397. The smallest absolute Gasteiger partial charge is 0.151 e. The minimum absolute atomic E-state index is 0.164. The van der Waals surface area contributed by atoms with Crippen LogP contribution in [0.25, 0.3) is 0 Å². The highest BCUT2D eigenvalue weighted by Gasteiger charge is 2.09. The summed E-state index contributed by atoms with van der Waals surface area (Å²) in [5.41, 5.74) is 5.43. The summed E-state index contributed by atoms with van der Waals surface area (Å²) in [5.74, 6) is 1.20. The van der Waals surface area contributed by atoms with Crippen LogP contribution in [0.5, 0.6) is 0 Å². The maximum absolute atomic E-state index is 11.3. The van der Waals surface area contributed by atoms with Crippen LogP contribution < -0.4 is 5.73 Å². The number of nitrogens with two attached hydrogens (primary N) is 1. The van der Waals surface area contributed by atoms with Gasteiger partial charge in [-0.25, -0.2) is 13.4 Å². The van der Waals surface area contributed by atoms with Crippen LogP contribution in [0, 0.1) is 0 Å². The van der Waals surface area contributed by atoms with Gasteiger partial charge in [-0.15, -0.1) is 0 Å². The molecule has 0 aromatic carbocycles. The van der Waals surface area contributed by atoms with Gasteiger partial charge in [-0.3, -0.25) is 0 Å². The van der Waals surface area contributed by atoms with E-state index >= 15 is 0 Å². The van der Waals surface area contributed by atoms with Crippen molar-refractivity contribution >= 4 is 9.84 Å². The van der Waals surface area contributed by atoms with Gasteiger partial charge in [0, 0.05) is 31.1 Å². The molecule has 0 saturated carbocycles. The number of imidazole rings is 1. The number of rotatable bonds is 6. The first-order valence-corrected chi connectivity index (χ1v) is 6.81. The van der Waals surface area contributed by atoms with Gasteiger partial charge >= 0.3 is 0 Å². The Kier molecular flexibility index (Phi) is 4.28. The molecule has 0 fully saturated rings. The van der Waals surface area contributed by atoms with Crippen LogP contribution in [0.4, 0.5) is 0 Å². The van der Waals surface area contributed by atoms with Gasteiger partial charge in [0.05, 0.1) is 5.75 Å². The van der Waals surface area contributed by atoms with E-state index in [2.05, 4.69) is 4.98 Å². The van der Waals surface area contributed by atoms with Crippen molar-refractivity contribution in [3.8, 4) is 0 Å². The Morgan fingerprint density at radius 3 is 2.87 bits per heavy atom. The summed E-state index contributed by atoms with van der Waals surface area (Å²) in [5, 5.41) is 0. The minimum atomic E-state index is -2.91. The van der Waals surface area contributed by atoms with E-state index < -0.39 is 9.84 Å². The molecule has 0 unspecified atom stereocenters. The van der Waals surface area contributed by atoms with Crippen LogP contribution >= 0.6 is 0 Å². The van der Waals surface area contributed by atoms with Crippen LogP contribution in [0.2, 0.25) is 0 Å². The quantitative estimate of drug-likeness (QED) is 0.736. The van der Waals surface area contributed by atoms with E-state index in [0.29, 0.717) is 19.5 Å². The van der Waals surface area contributed by atoms with Gasteiger partial charge in [0.2, 0.25) is 0 Å². The zero-order chi connectivity index (χ0) is 11.3. The lowest BCUT2D eigenvalue weighted by Crippen LogP contribution is -2.17. The van der Waals surface area contributed by atoms with Crippen molar-refractivity contribution in [1.29, 1.82) is 0 Å². The molecule has 0 aliphatic rings. The Balaban J connectivity index is 2.61. The number of nitrogens with zero attached hydrogens (tertiary/aromatic N) is 2. The molecule has 1 rings (SSSR count). The third kappa shape index (κ3) is 3.64. The summed E-state index contributed by atoms with van der Waals surface area (Å²) in [6.07, 6.45) is 4.14. The van der Waals surface area contributed by atoms with E-state index in [9.17, 15) is 8.42 Å². The summed E-state index contributed by atoms with van der Waals surface area (Å²) in [6.45, 7) is 2.65. The maximum atomic E-state index is 11.3. The number of aromatic nitrogens is 2. The Hall–Kier alpha value is -0.880. The largest absolute Gasteiger partial charge is 0.334 e. The average molecular weight is 231 g/mol. The lowest BCUT2D eigenvalue weighted by molar-refractivity contribution is 0.587. The van der Waals surface area contributed by atoms with Crippen molar-refractivity contribution < 1.29 is 8.42 Å². The summed E-state index contributed by atoms with van der Waals surface area (Å²) in [7, 11) is -2.91. The first-order chi connectivity index (χ1) is 7.09. The lowest BCUT2D eigenvalue weighted by atomic mass is 10.4. The zero-order valence-electron chi connectivity index (χ0n) is 8.89. The predicted octanol–water partition coefficient (Wildman–Crippen LogP) is -0.181. The van der Waals surface area contributed by atoms with Crippen LogP contribution in [0.3, 0.4) is 0 Å². The first-order valence-electron chi connectivity index (χ1n) is 4.99. The third-order valence-corrected chi connectivity index (χ3v) is 3.94. The molecule has 0 bridgehead atoms. The summed E-state index contributed by atoms with van der Waals surface area (Å²) < 4.78 is 24.5. The van der Waals surface area contributed by atoms with Crippen LogP contribution in [0.15, 0.2) is 12.4 Å². The second kappa shape index (κ2) is 5.27. The Morgan fingerprint density at radius 2 is 2.27 bits per heavy atom.